The lowest BCUT2D eigenvalue weighted by Crippen LogP contribution is -2.39. The Morgan fingerprint density at radius 3 is 1.78 bits per heavy atom. The van der Waals surface area contributed by atoms with Crippen molar-refractivity contribution in [2.24, 2.45) is 0 Å². The molecule has 3 aromatic carbocycles. The van der Waals surface area contributed by atoms with Crippen molar-refractivity contribution >= 4 is 29.2 Å². The van der Waals surface area contributed by atoms with Crippen LogP contribution in [0.3, 0.4) is 0 Å². The summed E-state index contributed by atoms with van der Waals surface area (Å²) in [6.45, 7) is 2.20. The number of pyridine rings is 1. The molecular formula is C37H43N3O. The van der Waals surface area contributed by atoms with Crippen molar-refractivity contribution < 1.29 is 13.5 Å². The van der Waals surface area contributed by atoms with Gasteiger partial charge in [0, 0.05) is 34.8 Å². The van der Waals surface area contributed by atoms with Gasteiger partial charge in [0.1, 0.15) is 11.5 Å². The molecule has 0 bridgehead atoms. The van der Waals surface area contributed by atoms with Crippen LogP contribution in [0.5, 0.6) is 0 Å². The van der Waals surface area contributed by atoms with Gasteiger partial charge in [-0.3, -0.25) is 0 Å². The lowest BCUT2D eigenvalue weighted by molar-refractivity contribution is -0.873. The predicted molar refractivity (Wildman–Crippen MR) is 175 cm³/mol. The van der Waals surface area contributed by atoms with Crippen molar-refractivity contribution in [1.82, 2.24) is 0 Å². The lowest BCUT2D eigenvalue weighted by atomic mass is 10.1. The molecule has 4 nitrogen and oxygen atoms in total. The van der Waals surface area contributed by atoms with Crippen molar-refractivity contribution in [2.45, 2.75) is 13.0 Å². The highest BCUT2D eigenvalue weighted by Gasteiger charge is 2.13. The van der Waals surface area contributed by atoms with Crippen LogP contribution in [0.2, 0.25) is 0 Å². The summed E-state index contributed by atoms with van der Waals surface area (Å²) >= 11 is 0. The number of quaternary nitrogens is 1. The van der Waals surface area contributed by atoms with Gasteiger partial charge in [0.05, 0.1) is 34.1 Å². The van der Waals surface area contributed by atoms with Gasteiger partial charge >= 0.3 is 0 Å². The number of hydrogen-bond donors (Lipinski definition) is 0. The summed E-state index contributed by atoms with van der Waals surface area (Å²) < 4.78 is 9.41. The van der Waals surface area contributed by atoms with Gasteiger partial charge in [-0.05, 0) is 72.3 Å². The normalized spacial score (nSPS) is 11.1. The minimum Gasteiger partial charge on any atom is -0.457 e. The third-order valence-corrected chi connectivity index (χ3v) is 6.67. The van der Waals surface area contributed by atoms with Crippen LogP contribution >= 0.6 is 0 Å². The number of benzene rings is 3. The van der Waals surface area contributed by atoms with E-state index in [9.17, 15) is 0 Å². The first-order valence-corrected chi connectivity index (χ1v) is 13.5. The third-order valence-electron chi connectivity index (χ3n) is 6.67. The quantitative estimate of drug-likeness (QED) is 0.0992. The zero-order valence-electron chi connectivity index (χ0n) is 25.1. The Balaban J connectivity index is 0.00000231. The van der Waals surface area contributed by atoms with E-state index >= 15 is 0 Å². The molecule has 0 aliphatic rings. The first kappa shape index (κ1) is 31.1. The average molecular weight is 546 g/mol. The number of para-hydroxylation sites is 2. The maximum atomic E-state index is 6.16. The maximum Gasteiger partial charge on any atom is 0.169 e. The molecule has 41 heavy (non-hydrogen) atoms. The van der Waals surface area contributed by atoms with Crippen LogP contribution in [-0.4, -0.2) is 32.2 Å². The van der Waals surface area contributed by atoms with Crippen LogP contribution in [0.4, 0.5) is 17.1 Å². The van der Waals surface area contributed by atoms with E-state index in [1.807, 2.05) is 30.3 Å². The summed E-state index contributed by atoms with van der Waals surface area (Å²) in [6, 6.07) is 37.8. The van der Waals surface area contributed by atoms with Crippen molar-refractivity contribution in [3.05, 3.63) is 148 Å². The number of anilines is 3. The molecule has 212 valence electrons. The fourth-order valence-electron chi connectivity index (χ4n) is 4.61. The largest absolute Gasteiger partial charge is 0.457 e. The van der Waals surface area contributed by atoms with Crippen LogP contribution in [-0.2, 0) is 6.54 Å². The Morgan fingerprint density at radius 2 is 1.22 bits per heavy atom. The van der Waals surface area contributed by atoms with Crippen LogP contribution < -0.4 is 9.47 Å². The second-order valence-corrected chi connectivity index (χ2v) is 10.8. The van der Waals surface area contributed by atoms with Crippen molar-refractivity contribution in [2.75, 3.05) is 32.6 Å². The van der Waals surface area contributed by atoms with Gasteiger partial charge < -0.3 is 28.7 Å². The zero-order valence-corrected chi connectivity index (χ0v) is 25.1. The molecule has 2 aromatic heterocycles. The first-order valence-electron chi connectivity index (χ1n) is 13.5. The Bertz CT molecular complexity index is 1440. The molecule has 0 atom stereocenters. The molecule has 0 amide bonds. The summed E-state index contributed by atoms with van der Waals surface area (Å²) in [7, 11) is 6.71. The minimum atomic E-state index is 0. The molecule has 4 heteroatoms. The van der Waals surface area contributed by atoms with Gasteiger partial charge in [0.2, 0.25) is 0 Å². The second-order valence-electron chi connectivity index (χ2n) is 10.8. The molecule has 0 spiro atoms. The molecule has 0 aliphatic carbocycles. The average Bonchev–Trinajstić information content (AvgIpc) is 3.43. The van der Waals surface area contributed by atoms with Crippen LogP contribution in [0, 0.1) is 14.9 Å². The molecule has 0 aliphatic heterocycles. The summed E-state index contributed by atoms with van der Waals surface area (Å²) in [5.41, 5.74) is 5.55. The Morgan fingerprint density at radius 1 is 0.659 bits per heavy atom. The molecule has 0 N–H and O–H groups in total. The van der Waals surface area contributed by atoms with Crippen LogP contribution in [0.25, 0.3) is 23.5 Å². The van der Waals surface area contributed by atoms with Gasteiger partial charge in [-0.2, -0.15) is 0 Å². The highest BCUT2D eigenvalue weighted by atomic mass is 16.3. The molecular weight excluding hydrogens is 502 g/mol. The van der Waals surface area contributed by atoms with Crippen LogP contribution in [0.15, 0.2) is 126 Å². The SMILES string of the molecule is C[N+](C)(C)CCC[n+]1ccc(/C=C/c2ccc(-c3ccc(N(c4ccccc4)c4ccccc4)cc3)o2)cc1.[CH3-].[CH3-]. The predicted octanol–water partition coefficient (Wildman–Crippen LogP) is 8.87. The summed E-state index contributed by atoms with van der Waals surface area (Å²) in [5.74, 6) is 1.69. The standard InChI is InChI=1S/C35H37N3O.2CH3/c1-38(2,3)28-10-25-36-26-23-29(24-27-36)15-20-34-21-22-35(39-34)30-16-18-33(19-17-30)37(31-11-6-4-7-12-31)32-13-8-5-9-14-32;;/h4-9,11-24,26-27H,10,25,28H2,1-3H3;2*1H3/q+2;2*-1. The molecule has 5 rings (SSSR count). The number of hydrogen-bond acceptors (Lipinski definition) is 2. The lowest BCUT2D eigenvalue weighted by Gasteiger charge is -2.25. The number of rotatable bonds is 10. The van der Waals surface area contributed by atoms with Gasteiger partial charge in [-0.1, -0.05) is 42.5 Å². The number of nitrogens with zero attached hydrogens (tertiary/aromatic N) is 3. The second kappa shape index (κ2) is 14.3. The smallest absolute Gasteiger partial charge is 0.169 e. The van der Waals surface area contributed by atoms with E-state index in [4.69, 9.17) is 4.42 Å². The molecule has 0 fully saturated rings. The van der Waals surface area contributed by atoms with E-state index in [-0.39, 0.29) is 14.9 Å². The van der Waals surface area contributed by atoms with E-state index in [1.165, 1.54) is 0 Å². The van der Waals surface area contributed by atoms with Gasteiger partial charge in [0.25, 0.3) is 0 Å². The molecule has 0 radical (unpaired) electrons. The monoisotopic (exact) mass is 545 g/mol. The molecule has 0 saturated heterocycles. The van der Waals surface area contributed by atoms with E-state index in [1.54, 1.807) is 0 Å². The van der Waals surface area contributed by atoms with E-state index < -0.39 is 0 Å². The third kappa shape index (κ3) is 8.54. The van der Waals surface area contributed by atoms with Gasteiger partial charge in [-0.15, -0.1) is 0 Å². The Labute approximate surface area is 247 Å². The van der Waals surface area contributed by atoms with Crippen molar-refractivity contribution in [3.8, 4) is 11.3 Å². The molecule has 5 aromatic rings. The fraction of sp³-hybridized carbons (Fsp3) is 0.162. The highest BCUT2D eigenvalue weighted by molar-refractivity contribution is 5.78. The summed E-state index contributed by atoms with van der Waals surface area (Å²) in [4.78, 5) is 2.26. The molecule has 0 saturated carbocycles. The molecule has 2 heterocycles. The number of furan rings is 1. The van der Waals surface area contributed by atoms with E-state index in [0.717, 1.165) is 63.7 Å². The van der Waals surface area contributed by atoms with Crippen LogP contribution in [0.1, 0.15) is 17.7 Å². The minimum absolute atomic E-state index is 0. The Kier molecular flexibility index (Phi) is 10.8. The summed E-state index contributed by atoms with van der Waals surface area (Å²) in [5, 5.41) is 0. The number of aromatic nitrogens is 1. The van der Waals surface area contributed by atoms with E-state index in [2.05, 4.69) is 134 Å². The topological polar surface area (TPSA) is 20.3 Å². The first-order chi connectivity index (χ1) is 18.9. The fourth-order valence-corrected chi connectivity index (χ4v) is 4.61. The summed E-state index contributed by atoms with van der Waals surface area (Å²) in [6.07, 6.45) is 9.59. The van der Waals surface area contributed by atoms with Gasteiger partial charge in [0.15, 0.2) is 18.9 Å². The van der Waals surface area contributed by atoms with Crippen molar-refractivity contribution in [1.29, 1.82) is 0 Å². The Hall–Kier alpha value is -4.41. The van der Waals surface area contributed by atoms with Gasteiger partial charge in [-0.25, -0.2) is 4.57 Å². The zero-order chi connectivity index (χ0) is 27.1. The van der Waals surface area contributed by atoms with Crippen molar-refractivity contribution in [3.63, 3.8) is 0 Å². The highest BCUT2D eigenvalue weighted by Crippen LogP contribution is 2.35. The number of aryl methyl sites for hydroxylation is 1. The maximum absolute atomic E-state index is 6.16. The molecule has 0 unspecified atom stereocenters. The van der Waals surface area contributed by atoms with E-state index in [0.29, 0.717) is 0 Å².